The number of ether oxygens (including phenoxy) is 3. The normalized spacial score (nSPS) is 22.7. The molecule has 2 aromatic heterocycles. The van der Waals surface area contributed by atoms with Crippen LogP contribution in [0.25, 0.3) is 5.65 Å². The van der Waals surface area contributed by atoms with E-state index in [4.69, 9.17) is 19.2 Å². The number of hydrogen-bond acceptors (Lipinski definition) is 5. The van der Waals surface area contributed by atoms with E-state index in [1.54, 1.807) is 7.11 Å². The van der Waals surface area contributed by atoms with Gasteiger partial charge in [0.25, 0.3) is 0 Å². The summed E-state index contributed by atoms with van der Waals surface area (Å²) in [6.07, 6.45) is -0.0424. The minimum Gasteiger partial charge on any atom is -0.479 e. The lowest BCUT2D eigenvalue weighted by Gasteiger charge is -2.37. The summed E-state index contributed by atoms with van der Waals surface area (Å²) in [5.74, 6) is 0.660. The molecule has 28 heavy (non-hydrogen) atoms. The molecule has 0 radical (unpaired) electrons. The van der Waals surface area contributed by atoms with E-state index in [9.17, 15) is 5.11 Å². The third-order valence-electron chi connectivity index (χ3n) is 5.47. The lowest BCUT2D eigenvalue weighted by Crippen LogP contribution is -2.37. The number of fused-ring (bicyclic) bond motifs is 3. The van der Waals surface area contributed by atoms with Crippen molar-refractivity contribution in [2.24, 2.45) is 0 Å². The van der Waals surface area contributed by atoms with Gasteiger partial charge in [-0.1, -0.05) is 30.3 Å². The van der Waals surface area contributed by atoms with Crippen molar-refractivity contribution in [3.63, 3.8) is 0 Å². The fourth-order valence-electron chi connectivity index (χ4n) is 3.62. The van der Waals surface area contributed by atoms with Gasteiger partial charge in [0.05, 0.1) is 18.4 Å². The van der Waals surface area contributed by atoms with E-state index in [0.717, 1.165) is 28.2 Å². The highest BCUT2D eigenvalue weighted by molar-refractivity contribution is 5.62. The lowest BCUT2D eigenvalue weighted by atomic mass is 9.92. The van der Waals surface area contributed by atoms with E-state index in [1.165, 1.54) is 0 Å². The number of aromatic nitrogens is 2. The maximum Gasteiger partial charge on any atom is 0.180 e. The van der Waals surface area contributed by atoms with Gasteiger partial charge in [0, 0.05) is 24.6 Å². The van der Waals surface area contributed by atoms with Gasteiger partial charge in [-0.15, -0.1) is 0 Å². The van der Waals surface area contributed by atoms with Crippen LogP contribution in [0, 0.1) is 13.8 Å². The first kappa shape index (κ1) is 18.9. The van der Waals surface area contributed by atoms with Crippen molar-refractivity contribution in [1.82, 2.24) is 9.38 Å². The van der Waals surface area contributed by atoms with Gasteiger partial charge < -0.3 is 23.7 Å². The molecular weight excluding hydrogens is 356 g/mol. The van der Waals surface area contributed by atoms with Crippen LogP contribution in [0.5, 0.6) is 5.75 Å². The standard InChI is InChI=1S/C22H26N2O4/c1-13(26-4)12-27-20-17-10-11-24-15(3)14(2)23-22(24)21(17)28-19(18(20)25)16-8-6-5-7-9-16/h5-11,13,18-20,25H,12H2,1-4H3/t13?,18-,19+,20-/m0/s1. The molecular formula is C22H26N2O4. The molecule has 1 unspecified atom stereocenters. The van der Waals surface area contributed by atoms with E-state index < -0.39 is 18.3 Å². The number of pyridine rings is 1. The average molecular weight is 382 g/mol. The molecule has 148 valence electrons. The summed E-state index contributed by atoms with van der Waals surface area (Å²) in [5, 5.41) is 11.1. The second kappa shape index (κ2) is 7.54. The van der Waals surface area contributed by atoms with E-state index in [0.29, 0.717) is 12.4 Å². The van der Waals surface area contributed by atoms with E-state index >= 15 is 0 Å². The van der Waals surface area contributed by atoms with Crippen molar-refractivity contribution in [2.45, 2.75) is 45.2 Å². The molecule has 4 rings (SSSR count). The molecule has 0 spiro atoms. The van der Waals surface area contributed by atoms with Crippen LogP contribution in [-0.4, -0.2) is 40.4 Å². The summed E-state index contributed by atoms with van der Waals surface area (Å²) in [7, 11) is 1.65. The third kappa shape index (κ3) is 3.17. The average Bonchev–Trinajstić information content (AvgIpc) is 3.01. The molecule has 0 amide bonds. The molecule has 0 saturated heterocycles. The zero-order valence-corrected chi connectivity index (χ0v) is 16.6. The number of aliphatic hydroxyl groups is 1. The first-order chi connectivity index (χ1) is 13.5. The molecule has 0 fully saturated rings. The van der Waals surface area contributed by atoms with Gasteiger partial charge in [0.15, 0.2) is 17.5 Å². The Balaban J connectivity index is 1.82. The number of aryl methyl sites for hydroxylation is 2. The molecule has 0 saturated carbocycles. The fourth-order valence-corrected chi connectivity index (χ4v) is 3.62. The third-order valence-corrected chi connectivity index (χ3v) is 5.47. The molecule has 3 aromatic rings. The second-order valence-electron chi connectivity index (χ2n) is 7.32. The molecule has 6 heteroatoms. The van der Waals surface area contributed by atoms with E-state index in [-0.39, 0.29) is 6.10 Å². The van der Waals surface area contributed by atoms with Crippen LogP contribution in [0.2, 0.25) is 0 Å². The highest BCUT2D eigenvalue weighted by atomic mass is 16.6. The smallest absolute Gasteiger partial charge is 0.180 e. The largest absolute Gasteiger partial charge is 0.479 e. The Morgan fingerprint density at radius 3 is 2.68 bits per heavy atom. The highest BCUT2D eigenvalue weighted by Crippen LogP contribution is 2.45. The minimum atomic E-state index is -0.849. The van der Waals surface area contributed by atoms with Gasteiger partial charge in [-0.05, 0) is 32.4 Å². The van der Waals surface area contributed by atoms with Crippen LogP contribution in [0.3, 0.4) is 0 Å². The Labute approximate surface area is 164 Å². The number of hydrogen-bond donors (Lipinski definition) is 1. The Bertz CT molecular complexity index is 970. The van der Waals surface area contributed by atoms with Crippen molar-refractivity contribution in [2.75, 3.05) is 13.7 Å². The summed E-state index contributed by atoms with van der Waals surface area (Å²) in [6.45, 7) is 6.32. The van der Waals surface area contributed by atoms with Gasteiger partial charge in [0.1, 0.15) is 12.2 Å². The maximum atomic E-state index is 11.1. The molecule has 6 nitrogen and oxygen atoms in total. The molecule has 0 aliphatic carbocycles. The zero-order chi connectivity index (χ0) is 19.8. The predicted molar refractivity (Wildman–Crippen MR) is 106 cm³/mol. The van der Waals surface area contributed by atoms with Crippen molar-refractivity contribution in [1.29, 1.82) is 0 Å². The summed E-state index contributed by atoms with van der Waals surface area (Å²) >= 11 is 0. The highest BCUT2D eigenvalue weighted by Gasteiger charge is 2.40. The fraction of sp³-hybridized carbons (Fsp3) is 0.409. The minimum absolute atomic E-state index is 0.0756. The molecule has 1 aromatic carbocycles. The first-order valence-electron chi connectivity index (χ1n) is 9.53. The number of rotatable bonds is 5. The van der Waals surface area contributed by atoms with Gasteiger partial charge in [-0.2, -0.15) is 0 Å². The quantitative estimate of drug-likeness (QED) is 0.731. The van der Waals surface area contributed by atoms with Crippen LogP contribution < -0.4 is 4.74 Å². The number of methoxy groups -OCH3 is 1. The molecule has 0 bridgehead atoms. The Morgan fingerprint density at radius 2 is 1.96 bits per heavy atom. The van der Waals surface area contributed by atoms with Gasteiger partial charge in [0.2, 0.25) is 0 Å². The molecule has 4 atom stereocenters. The van der Waals surface area contributed by atoms with Gasteiger partial charge in [-0.25, -0.2) is 4.98 Å². The molecule has 3 heterocycles. The molecule has 1 aliphatic rings. The van der Waals surface area contributed by atoms with Crippen molar-refractivity contribution in [3.05, 3.63) is 65.1 Å². The zero-order valence-electron chi connectivity index (χ0n) is 16.6. The van der Waals surface area contributed by atoms with Gasteiger partial charge in [-0.3, -0.25) is 0 Å². The van der Waals surface area contributed by atoms with Crippen molar-refractivity contribution < 1.29 is 19.3 Å². The topological polar surface area (TPSA) is 65.2 Å². The number of aliphatic hydroxyl groups excluding tert-OH is 1. The Kier molecular flexibility index (Phi) is 5.10. The van der Waals surface area contributed by atoms with E-state index in [2.05, 4.69) is 0 Å². The van der Waals surface area contributed by atoms with Crippen molar-refractivity contribution >= 4 is 5.65 Å². The van der Waals surface area contributed by atoms with Crippen LogP contribution in [0.1, 0.15) is 41.6 Å². The van der Waals surface area contributed by atoms with Crippen LogP contribution in [0.4, 0.5) is 0 Å². The first-order valence-corrected chi connectivity index (χ1v) is 9.53. The maximum absolute atomic E-state index is 11.1. The SMILES string of the molecule is COC(C)CO[C@H]1c2ccn3c(C)c(C)nc3c2O[C@H](c2ccccc2)[C@@H]1O. The Morgan fingerprint density at radius 1 is 1.21 bits per heavy atom. The lowest BCUT2D eigenvalue weighted by molar-refractivity contribution is -0.118. The van der Waals surface area contributed by atoms with Crippen molar-refractivity contribution in [3.8, 4) is 5.75 Å². The monoisotopic (exact) mass is 382 g/mol. The summed E-state index contributed by atoms with van der Waals surface area (Å²) < 4.78 is 19.8. The van der Waals surface area contributed by atoms with Crippen LogP contribution in [0.15, 0.2) is 42.6 Å². The predicted octanol–water partition coefficient (Wildman–Crippen LogP) is 3.54. The van der Waals surface area contributed by atoms with Crippen LogP contribution >= 0.6 is 0 Å². The number of benzene rings is 1. The molecule has 1 aliphatic heterocycles. The number of nitrogens with zero attached hydrogens (tertiary/aromatic N) is 2. The van der Waals surface area contributed by atoms with Gasteiger partial charge >= 0.3 is 0 Å². The summed E-state index contributed by atoms with van der Waals surface area (Å²) in [6, 6.07) is 11.7. The summed E-state index contributed by atoms with van der Waals surface area (Å²) in [4.78, 5) is 4.70. The molecule has 1 N–H and O–H groups in total. The second-order valence-corrected chi connectivity index (χ2v) is 7.32. The number of imidazole rings is 1. The Hall–Kier alpha value is -2.41. The van der Waals surface area contributed by atoms with Crippen LogP contribution in [-0.2, 0) is 9.47 Å². The van der Waals surface area contributed by atoms with E-state index in [1.807, 2.05) is 67.8 Å². The summed E-state index contributed by atoms with van der Waals surface area (Å²) in [5.41, 5.74) is 4.46.